The molecule has 1 aliphatic rings. The summed E-state index contributed by atoms with van der Waals surface area (Å²) in [4.78, 5) is 24.6. The zero-order chi connectivity index (χ0) is 12.7. The molecule has 17 heavy (non-hydrogen) atoms. The Bertz CT molecular complexity index is 271. The molecule has 1 rings (SSSR count). The van der Waals surface area contributed by atoms with E-state index in [-0.39, 0.29) is 11.9 Å². The number of likely N-dealkylation sites (tertiary alicyclic amines) is 1. The molecule has 2 N–H and O–H groups in total. The van der Waals surface area contributed by atoms with Crippen LogP contribution < -0.4 is 10.6 Å². The van der Waals surface area contributed by atoms with Crippen molar-refractivity contribution in [2.24, 2.45) is 0 Å². The van der Waals surface area contributed by atoms with Crippen LogP contribution in [0.25, 0.3) is 0 Å². The average molecular weight is 243 g/mol. The fraction of sp³-hybridized carbons (Fsp3) is 0.818. The Kier molecular flexibility index (Phi) is 5.76. The molecule has 6 heteroatoms. The van der Waals surface area contributed by atoms with Crippen LogP contribution in [-0.4, -0.2) is 56.7 Å². The highest BCUT2D eigenvalue weighted by atomic mass is 16.5. The normalized spacial score (nSPS) is 19.2. The van der Waals surface area contributed by atoms with Gasteiger partial charge in [0.25, 0.3) is 0 Å². The van der Waals surface area contributed by atoms with Gasteiger partial charge in [-0.1, -0.05) is 0 Å². The third kappa shape index (κ3) is 4.60. The number of rotatable bonds is 5. The van der Waals surface area contributed by atoms with Gasteiger partial charge in [-0.05, 0) is 26.4 Å². The van der Waals surface area contributed by atoms with Gasteiger partial charge in [-0.3, -0.25) is 4.79 Å². The third-order valence-electron chi connectivity index (χ3n) is 2.87. The monoisotopic (exact) mass is 243 g/mol. The number of ether oxygens (including phenoxy) is 1. The number of carbonyl (C=O) groups excluding carboxylic acids is 2. The Morgan fingerprint density at radius 3 is 2.88 bits per heavy atom. The van der Waals surface area contributed by atoms with Crippen molar-refractivity contribution in [3.8, 4) is 0 Å². The summed E-state index contributed by atoms with van der Waals surface area (Å²) in [6.07, 6.45) is 1.78. The second-order valence-electron chi connectivity index (χ2n) is 4.17. The number of carbonyl (C=O) groups is 2. The van der Waals surface area contributed by atoms with Gasteiger partial charge in [0.2, 0.25) is 5.91 Å². The molecule has 0 saturated carbocycles. The lowest BCUT2D eigenvalue weighted by molar-refractivity contribution is -0.130. The lowest BCUT2D eigenvalue weighted by Crippen LogP contribution is -2.38. The Hall–Kier alpha value is -1.30. The van der Waals surface area contributed by atoms with Gasteiger partial charge in [0.05, 0.1) is 13.2 Å². The molecule has 0 aromatic carbocycles. The first-order valence-electron chi connectivity index (χ1n) is 5.94. The SMILES string of the molecule is CNCCCC(=O)N1CCC(NC(=O)OC)C1. The molecule has 0 radical (unpaired) electrons. The van der Waals surface area contributed by atoms with Crippen molar-refractivity contribution in [2.45, 2.75) is 25.3 Å². The lowest BCUT2D eigenvalue weighted by Gasteiger charge is -2.16. The van der Waals surface area contributed by atoms with Crippen molar-refractivity contribution >= 4 is 12.0 Å². The molecule has 1 aliphatic heterocycles. The van der Waals surface area contributed by atoms with Gasteiger partial charge in [-0.25, -0.2) is 4.79 Å². The van der Waals surface area contributed by atoms with E-state index >= 15 is 0 Å². The van der Waals surface area contributed by atoms with Crippen LogP contribution in [0.2, 0.25) is 0 Å². The summed E-state index contributed by atoms with van der Waals surface area (Å²) in [6.45, 7) is 2.16. The summed E-state index contributed by atoms with van der Waals surface area (Å²) in [7, 11) is 3.21. The minimum absolute atomic E-state index is 0.0238. The second kappa shape index (κ2) is 7.11. The summed E-state index contributed by atoms with van der Waals surface area (Å²) in [5, 5.41) is 5.73. The van der Waals surface area contributed by atoms with Crippen LogP contribution in [0.4, 0.5) is 4.79 Å². The van der Waals surface area contributed by atoms with Gasteiger partial charge in [0.15, 0.2) is 0 Å². The number of amides is 2. The van der Waals surface area contributed by atoms with Crippen molar-refractivity contribution in [3.05, 3.63) is 0 Å². The maximum atomic E-state index is 11.8. The number of hydrogen-bond donors (Lipinski definition) is 2. The lowest BCUT2D eigenvalue weighted by atomic mass is 10.2. The van der Waals surface area contributed by atoms with E-state index in [4.69, 9.17) is 0 Å². The van der Waals surface area contributed by atoms with Crippen LogP contribution in [-0.2, 0) is 9.53 Å². The van der Waals surface area contributed by atoms with Crippen molar-refractivity contribution in [2.75, 3.05) is 33.8 Å². The smallest absolute Gasteiger partial charge is 0.407 e. The zero-order valence-corrected chi connectivity index (χ0v) is 10.5. The van der Waals surface area contributed by atoms with Gasteiger partial charge < -0.3 is 20.3 Å². The van der Waals surface area contributed by atoms with E-state index in [9.17, 15) is 9.59 Å². The Morgan fingerprint density at radius 2 is 2.24 bits per heavy atom. The highest BCUT2D eigenvalue weighted by Crippen LogP contribution is 2.11. The van der Waals surface area contributed by atoms with Crippen LogP contribution >= 0.6 is 0 Å². The van der Waals surface area contributed by atoms with Gasteiger partial charge in [-0.2, -0.15) is 0 Å². The number of alkyl carbamates (subject to hydrolysis) is 1. The molecule has 1 fully saturated rings. The van der Waals surface area contributed by atoms with Gasteiger partial charge in [0.1, 0.15) is 0 Å². The van der Waals surface area contributed by atoms with Crippen LogP contribution in [0.1, 0.15) is 19.3 Å². The average Bonchev–Trinajstić information content (AvgIpc) is 2.77. The number of methoxy groups -OCH3 is 1. The van der Waals surface area contributed by atoms with Crippen molar-refractivity contribution < 1.29 is 14.3 Å². The highest BCUT2D eigenvalue weighted by molar-refractivity contribution is 5.76. The molecule has 1 atom stereocenters. The molecule has 1 saturated heterocycles. The van der Waals surface area contributed by atoms with E-state index in [1.54, 1.807) is 4.90 Å². The maximum Gasteiger partial charge on any atom is 0.407 e. The number of nitrogens with zero attached hydrogens (tertiary/aromatic N) is 1. The van der Waals surface area contributed by atoms with E-state index in [1.807, 2.05) is 7.05 Å². The molecule has 0 aromatic rings. The molecule has 1 heterocycles. The van der Waals surface area contributed by atoms with E-state index in [1.165, 1.54) is 7.11 Å². The van der Waals surface area contributed by atoms with Crippen molar-refractivity contribution in [3.63, 3.8) is 0 Å². The first kappa shape index (κ1) is 13.8. The van der Waals surface area contributed by atoms with E-state index in [2.05, 4.69) is 15.4 Å². The molecule has 1 unspecified atom stereocenters. The van der Waals surface area contributed by atoms with Crippen LogP contribution in [0, 0.1) is 0 Å². The first-order valence-corrected chi connectivity index (χ1v) is 5.94. The highest BCUT2D eigenvalue weighted by Gasteiger charge is 2.26. The Labute approximate surface area is 102 Å². The van der Waals surface area contributed by atoms with Crippen LogP contribution in [0.15, 0.2) is 0 Å². The van der Waals surface area contributed by atoms with Crippen molar-refractivity contribution in [1.29, 1.82) is 0 Å². The summed E-state index contributed by atoms with van der Waals surface area (Å²) >= 11 is 0. The molecule has 0 bridgehead atoms. The predicted octanol–water partition coefficient (Wildman–Crippen LogP) is -0.0571. The summed E-state index contributed by atoms with van der Waals surface area (Å²) < 4.78 is 4.53. The molecule has 0 spiro atoms. The first-order chi connectivity index (χ1) is 8.17. The Morgan fingerprint density at radius 1 is 1.47 bits per heavy atom. The molecule has 2 amide bonds. The number of hydrogen-bond acceptors (Lipinski definition) is 4. The minimum Gasteiger partial charge on any atom is -0.453 e. The van der Waals surface area contributed by atoms with Gasteiger partial charge in [0, 0.05) is 19.5 Å². The summed E-state index contributed by atoms with van der Waals surface area (Å²) in [5.74, 6) is 0.161. The number of nitrogens with one attached hydrogen (secondary N) is 2. The van der Waals surface area contributed by atoms with Gasteiger partial charge >= 0.3 is 6.09 Å². The fourth-order valence-corrected chi connectivity index (χ4v) is 1.90. The quantitative estimate of drug-likeness (QED) is 0.664. The van der Waals surface area contributed by atoms with E-state index < -0.39 is 6.09 Å². The fourth-order valence-electron chi connectivity index (χ4n) is 1.90. The molecule has 98 valence electrons. The molecule has 0 aromatic heterocycles. The topological polar surface area (TPSA) is 70.7 Å². The molecular formula is C11H21N3O3. The third-order valence-corrected chi connectivity index (χ3v) is 2.87. The predicted molar refractivity (Wildman–Crippen MR) is 63.7 cm³/mol. The van der Waals surface area contributed by atoms with Crippen LogP contribution in [0.5, 0.6) is 0 Å². The molecular weight excluding hydrogens is 222 g/mol. The van der Waals surface area contributed by atoms with Gasteiger partial charge in [-0.15, -0.1) is 0 Å². The zero-order valence-electron chi connectivity index (χ0n) is 10.5. The second-order valence-corrected chi connectivity index (χ2v) is 4.17. The largest absolute Gasteiger partial charge is 0.453 e. The van der Waals surface area contributed by atoms with Crippen LogP contribution in [0.3, 0.4) is 0 Å². The Balaban J connectivity index is 2.24. The van der Waals surface area contributed by atoms with E-state index in [0.717, 1.165) is 19.4 Å². The maximum absolute atomic E-state index is 11.8. The molecule has 0 aliphatic carbocycles. The summed E-state index contributed by atoms with van der Waals surface area (Å²) in [5.41, 5.74) is 0. The van der Waals surface area contributed by atoms with E-state index in [0.29, 0.717) is 19.5 Å². The summed E-state index contributed by atoms with van der Waals surface area (Å²) in [6, 6.07) is 0.0238. The minimum atomic E-state index is -0.431. The van der Waals surface area contributed by atoms with Crippen molar-refractivity contribution in [1.82, 2.24) is 15.5 Å². The standard InChI is InChI=1S/C11H21N3O3/c1-12-6-3-4-10(15)14-7-5-9(8-14)13-11(16)17-2/h9,12H,3-8H2,1-2H3,(H,13,16). The molecule has 6 nitrogen and oxygen atoms in total.